The highest BCUT2D eigenvalue weighted by Gasteiger charge is 2.22. The Labute approximate surface area is 103 Å². The van der Waals surface area contributed by atoms with Gasteiger partial charge in [-0.05, 0) is 37.1 Å². The summed E-state index contributed by atoms with van der Waals surface area (Å²) in [4.78, 5) is 1.47. The van der Waals surface area contributed by atoms with Gasteiger partial charge in [-0.2, -0.15) is 0 Å². The van der Waals surface area contributed by atoms with E-state index >= 15 is 0 Å². The van der Waals surface area contributed by atoms with Gasteiger partial charge in [0, 0.05) is 17.0 Å². The van der Waals surface area contributed by atoms with Gasteiger partial charge in [0.1, 0.15) is 0 Å². The average molecular weight is 237 g/mol. The summed E-state index contributed by atoms with van der Waals surface area (Å²) in [7, 11) is 0. The summed E-state index contributed by atoms with van der Waals surface area (Å²) in [5.41, 5.74) is 0. The highest BCUT2D eigenvalue weighted by atomic mass is 32.1. The highest BCUT2D eigenvalue weighted by molar-refractivity contribution is 7.10. The van der Waals surface area contributed by atoms with Crippen LogP contribution in [-0.2, 0) is 0 Å². The molecule has 3 atom stereocenters. The fourth-order valence-corrected chi connectivity index (χ4v) is 3.53. The topological polar surface area (TPSA) is 12.0 Å². The minimum Gasteiger partial charge on any atom is -0.307 e. The van der Waals surface area contributed by atoms with E-state index in [1.54, 1.807) is 0 Å². The van der Waals surface area contributed by atoms with Crippen LogP contribution in [0.15, 0.2) is 17.5 Å². The van der Waals surface area contributed by atoms with Gasteiger partial charge < -0.3 is 5.32 Å². The number of nitrogens with one attached hydrogen (secondary N) is 1. The molecule has 1 aliphatic carbocycles. The van der Waals surface area contributed by atoms with Crippen LogP contribution in [0.4, 0.5) is 0 Å². The van der Waals surface area contributed by atoms with Crippen LogP contribution in [0.25, 0.3) is 0 Å². The second kappa shape index (κ2) is 5.83. The van der Waals surface area contributed by atoms with Crippen molar-refractivity contribution in [2.24, 2.45) is 5.92 Å². The molecule has 1 fully saturated rings. The molecule has 2 heteroatoms. The molecule has 90 valence electrons. The zero-order chi connectivity index (χ0) is 11.4. The van der Waals surface area contributed by atoms with E-state index in [4.69, 9.17) is 0 Å². The Morgan fingerprint density at radius 1 is 1.50 bits per heavy atom. The van der Waals surface area contributed by atoms with Crippen LogP contribution in [0.2, 0.25) is 0 Å². The molecule has 0 aromatic carbocycles. The third kappa shape index (κ3) is 3.08. The van der Waals surface area contributed by atoms with Crippen LogP contribution in [-0.4, -0.2) is 6.04 Å². The Morgan fingerprint density at radius 2 is 2.38 bits per heavy atom. The molecule has 0 spiro atoms. The lowest BCUT2D eigenvalue weighted by Crippen LogP contribution is -2.35. The van der Waals surface area contributed by atoms with Crippen LogP contribution < -0.4 is 5.32 Å². The lowest BCUT2D eigenvalue weighted by molar-refractivity contribution is 0.266. The van der Waals surface area contributed by atoms with Gasteiger partial charge in [0.25, 0.3) is 0 Å². The fourth-order valence-electron chi connectivity index (χ4n) is 2.79. The Balaban J connectivity index is 1.84. The standard InChI is InChI=1S/C14H23NS/c1-3-12-6-4-7-13(10-12)15-11(2)14-8-5-9-16-14/h5,8-9,11-13,15H,3-4,6-7,10H2,1-2H3/t11-,12?,13?/m1/s1. The maximum absolute atomic E-state index is 3.80. The Bertz CT molecular complexity index is 294. The van der Waals surface area contributed by atoms with Crippen molar-refractivity contribution in [3.63, 3.8) is 0 Å². The second-order valence-electron chi connectivity index (χ2n) is 5.04. The summed E-state index contributed by atoms with van der Waals surface area (Å²) in [6.45, 7) is 4.62. The van der Waals surface area contributed by atoms with E-state index in [1.807, 2.05) is 11.3 Å². The van der Waals surface area contributed by atoms with E-state index in [1.165, 1.54) is 37.0 Å². The molecule has 1 aliphatic rings. The molecule has 2 unspecified atom stereocenters. The van der Waals surface area contributed by atoms with Gasteiger partial charge in [0.15, 0.2) is 0 Å². The summed E-state index contributed by atoms with van der Waals surface area (Å²) in [5, 5.41) is 5.97. The summed E-state index contributed by atoms with van der Waals surface area (Å²) in [5.74, 6) is 0.960. The molecule has 16 heavy (non-hydrogen) atoms. The molecule has 0 bridgehead atoms. The van der Waals surface area contributed by atoms with Crippen molar-refractivity contribution in [1.29, 1.82) is 0 Å². The average Bonchev–Trinajstić information content (AvgIpc) is 2.83. The minimum absolute atomic E-state index is 0.528. The fraction of sp³-hybridized carbons (Fsp3) is 0.714. The first-order valence-electron chi connectivity index (χ1n) is 6.59. The third-order valence-electron chi connectivity index (χ3n) is 3.82. The molecule has 1 aromatic heterocycles. The quantitative estimate of drug-likeness (QED) is 0.820. The summed E-state index contributed by atoms with van der Waals surface area (Å²) in [6.07, 6.45) is 6.96. The third-order valence-corrected chi connectivity index (χ3v) is 4.87. The number of thiophene rings is 1. The van der Waals surface area contributed by atoms with E-state index in [0.717, 1.165) is 12.0 Å². The lowest BCUT2D eigenvalue weighted by Gasteiger charge is -2.31. The smallest absolute Gasteiger partial charge is 0.0388 e. The zero-order valence-electron chi connectivity index (χ0n) is 10.4. The first-order chi connectivity index (χ1) is 7.79. The first-order valence-corrected chi connectivity index (χ1v) is 7.47. The molecule has 0 saturated heterocycles. The summed E-state index contributed by atoms with van der Waals surface area (Å²) < 4.78 is 0. The first kappa shape index (κ1) is 12.1. The van der Waals surface area contributed by atoms with Gasteiger partial charge in [-0.3, -0.25) is 0 Å². The molecule has 1 N–H and O–H groups in total. The molecule has 0 amide bonds. The summed E-state index contributed by atoms with van der Waals surface area (Å²) in [6, 6.07) is 5.66. The molecule has 1 aromatic rings. The molecular formula is C14H23NS. The van der Waals surface area contributed by atoms with Gasteiger partial charge in [-0.15, -0.1) is 11.3 Å². The van der Waals surface area contributed by atoms with Crippen molar-refractivity contribution in [3.8, 4) is 0 Å². The zero-order valence-corrected chi connectivity index (χ0v) is 11.2. The van der Waals surface area contributed by atoms with Crippen molar-refractivity contribution in [3.05, 3.63) is 22.4 Å². The predicted molar refractivity (Wildman–Crippen MR) is 71.9 cm³/mol. The molecular weight excluding hydrogens is 214 g/mol. The van der Waals surface area contributed by atoms with E-state index in [9.17, 15) is 0 Å². The molecule has 0 radical (unpaired) electrons. The van der Waals surface area contributed by atoms with E-state index < -0.39 is 0 Å². The van der Waals surface area contributed by atoms with Gasteiger partial charge in [0.05, 0.1) is 0 Å². The van der Waals surface area contributed by atoms with E-state index in [0.29, 0.717) is 6.04 Å². The maximum Gasteiger partial charge on any atom is 0.0388 e. The van der Waals surface area contributed by atoms with Crippen molar-refractivity contribution in [2.45, 2.75) is 58.0 Å². The number of rotatable bonds is 4. The summed E-state index contributed by atoms with van der Waals surface area (Å²) >= 11 is 1.86. The van der Waals surface area contributed by atoms with Crippen molar-refractivity contribution < 1.29 is 0 Å². The largest absolute Gasteiger partial charge is 0.307 e. The number of hydrogen-bond donors (Lipinski definition) is 1. The van der Waals surface area contributed by atoms with Gasteiger partial charge in [-0.1, -0.05) is 32.3 Å². The Hall–Kier alpha value is -0.340. The van der Waals surface area contributed by atoms with Gasteiger partial charge in [-0.25, -0.2) is 0 Å². The maximum atomic E-state index is 3.80. The molecule has 2 rings (SSSR count). The Morgan fingerprint density at radius 3 is 3.06 bits per heavy atom. The lowest BCUT2D eigenvalue weighted by atomic mass is 9.84. The van der Waals surface area contributed by atoms with Crippen LogP contribution in [0, 0.1) is 5.92 Å². The molecule has 0 aliphatic heterocycles. The monoisotopic (exact) mass is 237 g/mol. The second-order valence-corrected chi connectivity index (χ2v) is 6.02. The van der Waals surface area contributed by atoms with Crippen molar-refractivity contribution >= 4 is 11.3 Å². The highest BCUT2D eigenvalue weighted by Crippen LogP contribution is 2.28. The van der Waals surface area contributed by atoms with E-state index in [2.05, 4.69) is 36.7 Å². The number of hydrogen-bond acceptors (Lipinski definition) is 2. The Kier molecular flexibility index (Phi) is 4.42. The van der Waals surface area contributed by atoms with Crippen molar-refractivity contribution in [1.82, 2.24) is 5.32 Å². The predicted octanol–water partition coefficient (Wildman–Crippen LogP) is 4.37. The van der Waals surface area contributed by atoms with E-state index in [-0.39, 0.29) is 0 Å². The van der Waals surface area contributed by atoms with Crippen LogP contribution in [0.3, 0.4) is 0 Å². The van der Waals surface area contributed by atoms with Crippen LogP contribution >= 0.6 is 11.3 Å². The normalized spacial score (nSPS) is 27.9. The minimum atomic E-state index is 0.528. The SMILES string of the molecule is CCC1CCCC(N[C@H](C)c2cccs2)C1. The van der Waals surface area contributed by atoms with Crippen LogP contribution in [0.1, 0.15) is 56.9 Å². The van der Waals surface area contributed by atoms with Gasteiger partial charge >= 0.3 is 0 Å². The van der Waals surface area contributed by atoms with Crippen LogP contribution in [0.5, 0.6) is 0 Å². The van der Waals surface area contributed by atoms with Gasteiger partial charge in [0.2, 0.25) is 0 Å². The molecule has 1 saturated carbocycles. The van der Waals surface area contributed by atoms with Crippen molar-refractivity contribution in [2.75, 3.05) is 0 Å². The molecule has 1 heterocycles. The molecule has 1 nitrogen and oxygen atoms in total.